The Morgan fingerprint density at radius 2 is 1.95 bits per heavy atom. The Labute approximate surface area is 221 Å². The standard InChI is InChI=1S/C27H30ClN5O4/c1-31(27(35)37-21-16-36-17-21)24-15-33(14-23(24)18-5-7-20(28)8-6-18)26(34)22-9-11-32(13-19(22)12-29)25-4-2-3-10-30-25/h2-8,10,19,21-24H,9,11,13-17H2,1H3/t19?,22?,23-,24+/m0/s1. The predicted octanol–water partition coefficient (Wildman–Crippen LogP) is 3.16. The maximum Gasteiger partial charge on any atom is 0.410 e. The molecule has 4 atom stereocenters. The number of likely N-dealkylation sites (tertiary alicyclic amines) is 1. The number of halogens is 1. The number of rotatable bonds is 5. The number of ether oxygens (including phenoxy) is 2. The molecule has 3 fully saturated rings. The van der Waals surface area contributed by atoms with Crippen molar-refractivity contribution in [1.29, 1.82) is 5.26 Å². The third-order valence-electron chi connectivity index (χ3n) is 7.63. The Hall–Kier alpha value is -3.35. The van der Waals surface area contributed by atoms with Gasteiger partial charge in [0.15, 0.2) is 6.10 Å². The molecule has 1 aromatic heterocycles. The van der Waals surface area contributed by atoms with Gasteiger partial charge in [0.05, 0.1) is 37.2 Å². The zero-order chi connectivity index (χ0) is 25.9. The molecule has 0 saturated carbocycles. The van der Waals surface area contributed by atoms with E-state index in [4.69, 9.17) is 21.1 Å². The molecular weight excluding hydrogens is 494 g/mol. The van der Waals surface area contributed by atoms with E-state index in [1.165, 1.54) is 0 Å². The van der Waals surface area contributed by atoms with E-state index in [1.807, 2.05) is 47.4 Å². The predicted molar refractivity (Wildman–Crippen MR) is 137 cm³/mol. The molecule has 2 unspecified atom stereocenters. The number of amides is 2. The zero-order valence-corrected chi connectivity index (χ0v) is 21.5. The number of hydrogen-bond acceptors (Lipinski definition) is 7. The van der Waals surface area contributed by atoms with E-state index in [0.29, 0.717) is 50.8 Å². The van der Waals surface area contributed by atoms with Crippen LogP contribution in [0.1, 0.15) is 17.9 Å². The Bertz CT molecular complexity index is 1150. The number of carbonyl (C=O) groups is 2. The van der Waals surface area contributed by atoms with Crippen molar-refractivity contribution in [3.05, 3.63) is 59.2 Å². The molecule has 3 saturated heterocycles. The Balaban J connectivity index is 1.32. The summed E-state index contributed by atoms with van der Waals surface area (Å²) in [6.07, 6.45) is 1.64. The number of pyridine rings is 1. The summed E-state index contributed by atoms with van der Waals surface area (Å²) >= 11 is 6.12. The molecule has 37 heavy (non-hydrogen) atoms. The molecule has 194 valence electrons. The average molecular weight is 524 g/mol. The van der Waals surface area contributed by atoms with Gasteiger partial charge in [-0.05, 0) is 36.2 Å². The minimum absolute atomic E-state index is 0.0390. The zero-order valence-electron chi connectivity index (χ0n) is 20.7. The van der Waals surface area contributed by atoms with Gasteiger partial charge in [0.1, 0.15) is 5.82 Å². The first-order valence-corrected chi connectivity index (χ1v) is 12.9. The van der Waals surface area contributed by atoms with Crippen molar-refractivity contribution in [2.45, 2.75) is 24.5 Å². The molecule has 2 aromatic rings. The fraction of sp³-hybridized carbons (Fsp3) is 0.481. The minimum Gasteiger partial charge on any atom is -0.441 e. The van der Waals surface area contributed by atoms with Crippen molar-refractivity contribution in [2.75, 3.05) is 51.3 Å². The normalized spacial score (nSPS) is 25.8. The van der Waals surface area contributed by atoms with E-state index in [1.54, 1.807) is 18.1 Å². The number of piperidine rings is 1. The van der Waals surface area contributed by atoms with Crippen LogP contribution in [0.15, 0.2) is 48.7 Å². The molecule has 1 aromatic carbocycles. The average Bonchev–Trinajstić information content (AvgIpc) is 3.35. The van der Waals surface area contributed by atoms with E-state index in [-0.39, 0.29) is 24.0 Å². The second kappa shape index (κ2) is 11.0. The lowest BCUT2D eigenvalue weighted by Gasteiger charge is -2.37. The molecule has 0 radical (unpaired) electrons. The van der Waals surface area contributed by atoms with Crippen molar-refractivity contribution in [2.24, 2.45) is 11.8 Å². The number of anilines is 1. The lowest BCUT2D eigenvalue weighted by atomic mass is 9.85. The van der Waals surface area contributed by atoms with Gasteiger partial charge in [-0.15, -0.1) is 0 Å². The third kappa shape index (κ3) is 5.36. The van der Waals surface area contributed by atoms with Crippen LogP contribution in [0.3, 0.4) is 0 Å². The summed E-state index contributed by atoms with van der Waals surface area (Å²) in [7, 11) is 1.72. The van der Waals surface area contributed by atoms with Crippen LogP contribution in [-0.4, -0.2) is 85.4 Å². The van der Waals surface area contributed by atoms with Crippen LogP contribution in [0.4, 0.5) is 10.6 Å². The monoisotopic (exact) mass is 523 g/mol. The quantitative estimate of drug-likeness (QED) is 0.593. The van der Waals surface area contributed by atoms with Crippen molar-refractivity contribution in [3.8, 4) is 6.07 Å². The molecule has 0 spiro atoms. The van der Waals surface area contributed by atoms with Crippen LogP contribution >= 0.6 is 11.6 Å². The van der Waals surface area contributed by atoms with Crippen molar-refractivity contribution >= 4 is 29.4 Å². The van der Waals surface area contributed by atoms with Crippen LogP contribution in [0.25, 0.3) is 0 Å². The number of aromatic nitrogens is 1. The van der Waals surface area contributed by atoms with Crippen LogP contribution in [0.5, 0.6) is 0 Å². The molecule has 0 N–H and O–H groups in total. The molecule has 3 aliphatic heterocycles. The molecule has 3 aliphatic rings. The number of nitrogens with zero attached hydrogens (tertiary/aromatic N) is 5. The highest BCUT2D eigenvalue weighted by Gasteiger charge is 2.45. The van der Waals surface area contributed by atoms with E-state index >= 15 is 0 Å². The summed E-state index contributed by atoms with van der Waals surface area (Å²) in [6, 6.07) is 15.3. The fourth-order valence-electron chi connectivity index (χ4n) is 5.40. The molecule has 4 heterocycles. The number of likely N-dealkylation sites (N-methyl/N-ethyl adjacent to an activating group) is 1. The van der Waals surface area contributed by atoms with Gasteiger partial charge in [-0.2, -0.15) is 5.26 Å². The van der Waals surface area contributed by atoms with Crippen molar-refractivity contribution < 1.29 is 19.1 Å². The summed E-state index contributed by atoms with van der Waals surface area (Å²) in [6.45, 7) is 2.74. The van der Waals surface area contributed by atoms with Crippen LogP contribution in [-0.2, 0) is 14.3 Å². The summed E-state index contributed by atoms with van der Waals surface area (Å²) < 4.78 is 10.7. The number of nitriles is 1. The number of hydrogen-bond donors (Lipinski definition) is 0. The largest absolute Gasteiger partial charge is 0.441 e. The van der Waals surface area contributed by atoms with E-state index in [2.05, 4.69) is 16.0 Å². The first-order chi connectivity index (χ1) is 17.9. The van der Waals surface area contributed by atoms with E-state index in [9.17, 15) is 14.9 Å². The van der Waals surface area contributed by atoms with Gasteiger partial charge in [-0.25, -0.2) is 9.78 Å². The first-order valence-electron chi connectivity index (χ1n) is 12.6. The highest BCUT2D eigenvalue weighted by atomic mass is 35.5. The fourth-order valence-corrected chi connectivity index (χ4v) is 5.53. The number of benzene rings is 1. The highest BCUT2D eigenvalue weighted by Crippen LogP contribution is 2.35. The van der Waals surface area contributed by atoms with Crippen molar-refractivity contribution in [1.82, 2.24) is 14.8 Å². The van der Waals surface area contributed by atoms with E-state index in [0.717, 1.165) is 11.4 Å². The van der Waals surface area contributed by atoms with Crippen molar-refractivity contribution in [3.63, 3.8) is 0 Å². The summed E-state index contributed by atoms with van der Waals surface area (Å²) in [5.74, 6) is -0.181. The van der Waals surface area contributed by atoms with Gasteiger partial charge in [0.25, 0.3) is 0 Å². The second-order valence-corrected chi connectivity index (χ2v) is 10.3. The van der Waals surface area contributed by atoms with Crippen LogP contribution < -0.4 is 4.90 Å². The molecule has 2 amide bonds. The maximum absolute atomic E-state index is 13.8. The molecular formula is C27H30ClN5O4. The SMILES string of the molecule is CN(C(=O)OC1COC1)[C@@H]1CN(C(=O)C2CCN(c3ccccn3)CC2C#N)C[C@H]1c1ccc(Cl)cc1. The van der Waals surface area contributed by atoms with Crippen LogP contribution in [0.2, 0.25) is 5.02 Å². The molecule has 0 aliphatic carbocycles. The molecule has 10 heteroatoms. The lowest BCUT2D eigenvalue weighted by Crippen LogP contribution is -2.48. The van der Waals surface area contributed by atoms with Gasteiger partial charge >= 0.3 is 6.09 Å². The van der Waals surface area contributed by atoms with Gasteiger partial charge in [0, 0.05) is 50.4 Å². The second-order valence-electron chi connectivity index (χ2n) is 9.89. The number of carbonyl (C=O) groups excluding carboxylic acids is 2. The summed E-state index contributed by atoms with van der Waals surface area (Å²) in [5, 5.41) is 10.6. The third-order valence-corrected chi connectivity index (χ3v) is 7.88. The molecule has 0 bridgehead atoms. The van der Waals surface area contributed by atoms with Gasteiger partial charge in [-0.3, -0.25) is 4.79 Å². The minimum atomic E-state index is -0.447. The first kappa shape index (κ1) is 25.3. The molecule has 9 nitrogen and oxygen atoms in total. The molecule has 5 rings (SSSR count). The summed E-state index contributed by atoms with van der Waals surface area (Å²) in [4.78, 5) is 36.5. The highest BCUT2D eigenvalue weighted by molar-refractivity contribution is 6.30. The smallest absolute Gasteiger partial charge is 0.410 e. The maximum atomic E-state index is 13.8. The van der Waals surface area contributed by atoms with Gasteiger partial charge in [-0.1, -0.05) is 29.8 Å². The lowest BCUT2D eigenvalue weighted by molar-refractivity contribution is -0.136. The summed E-state index contributed by atoms with van der Waals surface area (Å²) in [5.41, 5.74) is 0.998. The van der Waals surface area contributed by atoms with Crippen LogP contribution in [0, 0.1) is 23.2 Å². The van der Waals surface area contributed by atoms with Gasteiger partial charge < -0.3 is 24.2 Å². The Morgan fingerprint density at radius 3 is 2.59 bits per heavy atom. The Kier molecular flexibility index (Phi) is 7.49. The topological polar surface area (TPSA) is 99.0 Å². The van der Waals surface area contributed by atoms with Gasteiger partial charge in [0.2, 0.25) is 5.91 Å². The Morgan fingerprint density at radius 1 is 1.16 bits per heavy atom. The van der Waals surface area contributed by atoms with E-state index < -0.39 is 17.9 Å².